The Labute approximate surface area is 178 Å². The van der Waals surface area contributed by atoms with Crippen LogP contribution in [0.5, 0.6) is 11.5 Å². The van der Waals surface area contributed by atoms with Crippen molar-refractivity contribution in [1.29, 1.82) is 0 Å². The molecule has 0 bridgehead atoms. The number of ether oxygens (including phenoxy) is 2. The second kappa shape index (κ2) is 8.45. The lowest BCUT2D eigenvalue weighted by Crippen LogP contribution is -2.48. The number of nitrogens with zero attached hydrogens (tertiary/aromatic N) is 4. The van der Waals surface area contributed by atoms with E-state index in [0.29, 0.717) is 28.8 Å². The van der Waals surface area contributed by atoms with E-state index in [1.165, 1.54) is 0 Å². The van der Waals surface area contributed by atoms with Gasteiger partial charge in [-0.15, -0.1) is 11.3 Å². The van der Waals surface area contributed by atoms with E-state index in [1.54, 1.807) is 29.5 Å². The molecule has 4 heterocycles. The number of aromatic nitrogens is 2. The highest BCUT2D eigenvalue weighted by atomic mass is 32.1. The van der Waals surface area contributed by atoms with Crippen LogP contribution in [0.25, 0.3) is 10.7 Å². The van der Waals surface area contributed by atoms with Crippen LogP contribution in [0.4, 0.5) is 0 Å². The van der Waals surface area contributed by atoms with E-state index in [-0.39, 0.29) is 12.7 Å². The van der Waals surface area contributed by atoms with Gasteiger partial charge in [0.1, 0.15) is 0 Å². The van der Waals surface area contributed by atoms with Crippen molar-refractivity contribution in [2.24, 2.45) is 0 Å². The van der Waals surface area contributed by atoms with E-state index in [9.17, 15) is 4.79 Å². The molecule has 5 rings (SSSR count). The number of carbonyl (C=O) groups is 1. The van der Waals surface area contributed by atoms with Crippen molar-refractivity contribution in [3.63, 3.8) is 0 Å². The minimum absolute atomic E-state index is 0.0416. The molecule has 9 heteroatoms. The van der Waals surface area contributed by atoms with Crippen LogP contribution in [0.15, 0.2) is 40.2 Å². The minimum atomic E-state index is 0.0416. The van der Waals surface area contributed by atoms with Gasteiger partial charge in [0.15, 0.2) is 11.5 Å². The van der Waals surface area contributed by atoms with Crippen molar-refractivity contribution in [1.82, 2.24) is 19.9 Å². The zero-order valence-corrected chi connectivity index (χ0v) is 17.3. The van der Waals surface area contributed by atoms with E-state index in [2.05, 4.69) is 15.0 Å². The molecule has 0 radical (unpaired) electrons. The Morgan fingerprint density at radius 2 is 1.97 bits per heavy atom. The molecule has 3 aromatic rings. The highest BCUT2D eigenvalue weighted by Gasteiger charge is 2.24. The number of aryl methyl sites for hydroxylation is 1. The third-order valence-corrected chi connectivity index (χ3v) is 6.22. The molecule has 2 aliphatic rings. The van der Waals surface area contributed by atoms with Gasteiger partial charge in [-0.05, 0) is 42.6 Å². The van der Waals surface area contributed by atoms with Crippen LogP contribution in [0, 0.1) is 0 Å². The zero-order chi connectivity index (χ0) is 20.3. The van der Waals surface area contributed by atoms with Crippen molar-refractivity contribution in [3.8, 4) is 22.2 Å². The summed E-state index contributed by atoms with van der Waals surface area (Å²) in [5.74, 6) is 2.72. The Kier molecular flexibility index (Phi) is 5.37. The topological polar surface area (TPSA) is 80.9 Å². The zero-order valence-electron chi connectivity index (χ0n) is 16.5. The predicted octanol–water partition coefficient (Wildman–Crippen LogP) is 2.92. The van der Waals surface area contributed by atoms with Gasteiger partial charge in [0.2, 0.25) is 18.5 Å². The Morgan fingerprint density at radius 3 is 2.80 bits per heavy atom. The summed E-state index contributed by atoms with van der Waals surface area (Å²) >= 11 is 1.60. The summed E-state index contributed by atoms with van der Waals surface area (Å²) in [4.78, 5) is 22.6. The average Bonchev–Trinajstić information content (AvgIpc) is 3.54. The number of carbonyl (C=O) groups excluding carboxylic acids is 1. The molecular weight excluding hydrogens is 404 g/mol. The largest absolute Gasteiger partial charge is 0.454 e. The van der Waals surface area contributed by atoms with Crippen molar-refractivity contribution >= 4 is 17.2 Å². The third-order valence-electron chi connectivity index (χ3n) is 5.35. The molecular formula is C21H22N4O4S. The maximum absolute atomic E-state index is 12.8. The van der Waals surface area contributed by atoms with Crippen LogP contribution in [-0.2, 0) is 6.42 Å². The summed E-state index contributed by atoms with van der Waals surface area (Å²) < 4.78 is 16.1. The lowest BCUT2D eigenvalue weighted by Gasteiger charge is -2.34. The first kappa shape index (κ1) is 19.1. The standard InChI is InChI=1S/C21H22N4O4S/c26-21(15-5-6-16-17(13-15)28-14-27-16)25-10-8-24(9-11-25)7-1-4-19-22-20(23-29-19)18-3-2-12-30-18/h2-3,5-6,12-13H,1,4,7-11,14H2. The number of thiophene rings is 1. The third kappa shape index (κ3) is 4.03. The van der Waals surface area contributed by atoms with Crippen molar-refractivity contribution in [3.05, 3.63) is 47.2 Å². The highest BCUT2D eigenvalue weighted by molar-refractivity contribution is 7.13. The lowest BCUT2D eigenvalue weighted by molar-refractivity contribution is 0.0635. The van der Waals surface area contributed by atoms with Crippen LogP contribution in [-0.4, -0.2) is 65.4 Å². The van der Waals surface area contributed by atoms with Crippen LogP contribution >= 0.6 is 11.3 Å². The van der Waals surface area contributed by atoms with Crippen molar-refractivity contribution in [2.45, 2.75) is 12.8 Å². The molecule has 0 atom stereocenters. The molecule has 2 aromatic heterocycles. The van der Waals surface area contributed by atoms with Crippen LogP contribution in [0.3, 0.4) is 0 Å². The van der Waals surface area contributed by atoms with E-state index in [4.69, 9.17) is 14.0 Å². The number of benzene rings is 1. The number of hydrogen-bond donors (Lipinski definition) is 0. The first-order valence-electron chi connectivity index (χ1n) is 10.0. The summed E-state index contributed by atoms with van der Waals surface area (Å²) in [7, 11) is 0. The van der Waals surface area contributed by atoms with Crippen LogP contribution < -0.4 is 9.47 Å². The quantitative estimate of drug-likeness (QED) is 0.599. The van der Waals surface area contributed by atoms with Gasteiger partial charge < -0.3 is 18.9 Å². The van der Waals surface area contributed by atoms with Gasteiger partial charge in [0.05, 0.1) is 4.88 Å². The number of hydrogen-bond acceptors (Lipinski definition) is 8. The fourth-order valence-corrected chi connectivity index (χ4v) is 4.35. The van der Waals surface area contributed by atoms with Gasteiger partial charge in [-0.2, -0.15) is 4.98 Å². The van der Waals surface area contributed by atoms with Crippen LogP contribution in [0.2, 0.25) is 0 Å². The Bertz CT molecular complexity index is 1010. The van der Waals surface area contributed by atoms with E-state index >= 15 is 0 Å². The summed E-state index contributed by atoms with van der Waals surface area (Å²) in [5, 5.41) is 6.06. The Balaban J connectivity index is 1.08. The van der Waals surface area contributed by atoms with E-state index < -0.39 is 0 Å². The second-order valence-corrected chi connectivity index (χ2v) is 8.24. The molecule has 156 valence electrons. The summed E-state index contributed by atoms with van der Waals surface area (Å²) in [6.07, 6.45) is 1.71. The van der Waals surface area contributed by atoms with Gasteiger partial charge in [-0.3, -0.25) is 9.69 Å². The van der Waals surface area contributed by atoms with Gasteiger partial charge in [-0.1, -0.05) is 11.2 Å². The van der Waals surface area contributed by atoms with Gasteiger partial charge >= 0.3 is 0 Å². The van der Waals surface area contributed by atoms with E-state index in [0.717, 1.165) is 50.4 Å². The minimum Gasteiger partial charge on any atom is -0.454 e. The molecule has 8 nitrogen and oxygen atoms in total. The second-order valence-electron chi connectivity index (χ2n) is 7.29. The molecule has 1 aromatic carbocycles. The average molecular weight is 426 g/mol. The first-order valence-corrected chi connectivity index (χ1v) is 10.9. The maximum atomic E-state index is 12.8. The maximum Gasteiger partial charge on any atom is 0.254 e. The van der Waals surface area contributed by atoms with Crippen molar-refractivity contribution < 1.29 is 18.8 Å². The summed E-state index contributed by atoms with van der Waals surface area (Å²) in [6.45, 7) is 4.32. The van der Waals surface area contributed by atoms with Gasteiger partial charge in [0.25, 0.3) is 5.91 Å². The SMILES string of the molecule is O=C(c1ccc2c(c1)OCO2)N1CCN(CCCc2nc(-c3cccs3)no2)CC1. The summed E-state index contributed by atoms with van der Waals surface area (Å²) in [5.41, 5.74) is 0.644. The molecule has 1 fully saturated rings. The Hall–Kier alpha value is -2.91. The monoisotopic (exact) mass is 426 g/mol. The van der Waals surface area contributed by atoms with Gasteiger partial charge in [0, 0.05) is 38.2 Å². The van der Waals surface area contributed by atoms with Crippen LogP contribution in [0.1, 0.15) is 22.7 Å². The molecule has 0 aliphatic carbocycles. The number of fused-ring (bicyclic) bond motifs is 1. The Morgan fingerprint density at radius 1 is 1.10 bits per heavy atom. The molecule has 0 saturated carbocycles. The smallest absolute Gasteiger partial charge is 0.254 e. The number of rotatable bonds is 6. The fourth-order valence-electron chi connectivity index (χ4n) is 3.70. The predicted molar refractivity (Wildman–Crippen MR) is 111 cm³/mol. The molecule has 0 unspecified atom stereocenters. The molecule has 1 saturated heterocycles. The lowest BCUT2D eigenvalue weighted by atomic mass is 10.1. The first-order chi connectivity index (χ1) is 14.8. The normalized spacial score (nSPS) is 16.2. The molecule has 1 amide bonds. The number of piperazine rings is 1. The van der Waals surface area contributed by atoms with Gasteiger partial charge in [-0.25, -0.2) is 0 Å². The number of amides is 1. The molecule has 30 heavy (non-hydrogen) atoms. The summed E-state index contributed by atoms with van der Waals surface area (Å²) in [6, 6.07) is 9.34. The van der Waals surface area contributed by atoms with E-state index in [1.807, 2.05) is 22.4 Å². The van der Waals surface area contributed by atoms with Crippen molar-refractivity contribution in [2.75, 3.05) is 39.5 Å². The highest BCUT2D eigenvalue weighted by Crippen LogP contribution is 2.32. The molecule has 2 aliphatic heterocycles. The molecule has 0 spiro atoms. The molecule has 0 N–H and O–H groups in total. The fraction of sp³-hybridized carbons (Fsp3) is 0.381.